The molecule has 100 valence electrons. The summed E-state index contributed by atoms with van der Waals surface area (Å²) in [7, 11) is 0. The molecule has 0 aliphatic heterocycles. The lowest BCUT2D eigenvalue weighted by atomic mass is 9.91. The minimum absolute atomic E-state index is 0.568. The Labute approximate surface area is 116 Å². The molecule has 1 N–H and O–H groups in total. The van der Waals surface area contributed by atoms with Crippen LogP contribution in [-0.4, -0.2) is 12.3 Å². The first-order valence-electron chi connectivity index (χ1n) is 7.31. The van der Waals surface area contributed by atoms with E-state index in [-0.39, 0.29) is 0 Å². The van der Waals surface area contributed by atoms with Crippen molar-refractivity contribution in [2.45, 2.75) is 50.5 Å². The zero-order valence-electron chi connectivity index (χ0n) is 11.6. The molecule has 1 fully saturated rings. The highest BCUT2D eigenvalue weighted by Crippen LogP contribution is 2.36. The van der Waals surface area contributed by atoms with Crippen molar-refractivity contribution >= 4 is 11.8 Å². The van der Waals surface area contributed by atoms with Gasteiger partial charge in [-0.1, -0.05) is 38.8 Å². The van der Waals surface area contributed by atoms with Crippen molar-refractivity contribution in [2.24, 2.45) is 5.92 Å². The highest BCUT2D eigenvalue weighted by Gasteiger charge is 2.25. The Morgan fingerprint density at radius 3 is 2.39 bits per heavy atom. The van der Waals surface area contributed by atoms with Gasteiger partial charge < -0.3 is 5.32 Å². The standard InChI is InChI=1S/C16H25NS/c1-3-17-16(13-7-5-6-8-13)14-9-11-15(12-10-14)18-4-2/h9-13,16-17H,3-8H2,1-2H3. The fourth-order valence-corrected chi connectivity index (χ4v) is 3.67. The van der Waals surface area contributed by atoms with Gasteiger partial charge in [0.05, 0.1) is 0 Å². The van der Waals surface area contributed by atoms with Crippen molar-refractivity contribution in [3.05, 3.63) is 29.8 Å². The molecule has 18 heavy (non-hydrogen) atoms. The van der Waals surface area contributed by atoms with Gasteiger partial charge in [0.15, 0.2) is 0 Å². The van der Waals surface area contributed by atoms with E-state index >= 15 is 0 Å². The van der Waals surface area contributed by atoms with E-state index in [1.165, 1.54) is 36.1 Å². The maximum absolute atomic E-state index is 3.69. The van der Waals surface area contributed by atoms with Crippen LogP contribution in [0.15, 0.2) is 29.2 Å². The second kappa shape index (κ2) is 7.20. The van der Waals surface area contributed by atoms with Crippen molar-refractivity contribution in [1.29, 1.82) is 0 Å². The molecule has 2 rings (SSSR count). The monoisotopic (exact) mass is 263 g/mol. The Bertz CT molecular complexity index is 341. The van der Waals surface area contributed by atoms with Crippen LogP contribution < -0.4 is 5.32 Å². The van der Waals surface area contributed by atoms with Crippen molar-refractivity contribution < 1.29 is 0 Å². The van der Waals surface area contributed by atoms with Crippen molar-refractivity contribution in [2.75, 3.05) is 12.3 Å². The van der Waals surface area contributed by atoms with Crippen LogP contribution in [0, 0.1) is 5.92 Å². The third-order valence-electron chi connectivity index (χ3n) is 3.85. The summed E-state index contributed by atoms with van der Waals surface area (Å²) in [6, 6.07) is 9.77. The maximum atomic E-state index is 3.69. The SMILES string of the molecule is CCNC(c1ccc(SCC)cc1)C1CCCC1. The lowest BCUT2D eigenvalue weighted by Gasteiger charge is -2.25. The van der Waals surface area contributed by atoms with E-state index in [0.29, 0.717) is 6.04 Å². The van der Waals surface area contributed by atoms with Crippen LogP contribution in [0.5, 0.6) is 0 Å². The molecule has 1 nitrogen and oxygen atoms in total. The number of thioether (sulfide) groups is 1. The second-order valence-electron chi connectivity index (χ2n) is 5.08. The Hall–Kier alpha value is -0.470. The van der Waals surface area contributed by atoms with Gasteiger partial charge in [-0.25, -0.2) is 0 Å². The quantitative estimate of drug-likeness (QED) is 0.750. The molecule has 0 spiro atoms. The van der Waals surface area contributed by atoms with E-state index in [0.717, 1.165) is 18.2 Å². The molecule has 0 saturated heterocycles. The Balaban J connectivity index is 2.09. The topological polar surface area (TPSA) is 12.0 Å². The van der Waals surface area contributed by atoms with Crippen LogP contribution in [0.3, 0.4) is 0 Å². The minimum Gasteiger partial charge on any atom is -0.310 e. The van der Waals surface area contributed by atoms with Gasteiger partial charge >= 0.3 is 0 Å². The molecule has 0 aromatic heterocycles. The highest BCUT2D eigenvalue weighted by atomic mass is 32.2. The number of rotatable bonds is 6. The predicted octanol–water partition coefficient (Wildman–Crippen LogP) is 4.64. The predicted molar refractivity (Wildman–Crippen MR) is 81.2 cm³/mol. The largest absolute Gasteiger partial charge is 0.310 e. The summed E-state index contributed by atoms with van der Waals surface area (Å²) >= 11 is 1.92. The van der Waals surface area contributed by atoms with Gasteiger partial charge in [-0.2, -0.15) is 0 Å². The summed E-state index contributed by atoms with van der Waals surface area (Å²) in [6.07, 6.45) is 5.61. The van der Waals surface area contributed by atoms with Crippen LogP contribution in [0.25, 0.3) is 0 Å². The van der Waals surface area contributed by atoms with E-state index in [1.807, 2.05) is 11.8 Å². The zero-order chi connectivity index (χ0) is 12.8. The summed E-state index contributed by atoms with van der Waals surface area (Å²) in [4.78, 5) is 1.39. The molecule has 1 atom stereocenters. The molecule has 0 amide bonds. The molecule has 0 bridgehead atoms. The van der Waals surface area contributed by atoms with Gasteiger partial charge in [0.2, 0.25) is 0 Å². The summed E-state index contributed by atoms with van der Waals surface area (Å²) < 4.78 is 0. The van der Waals surface area contributed by atoms with E-state index < -0.39 is 0 Å². The first kappa shape index (κ1) is 14.0. The Morgan fingerprint density at radius 2 is 1.83 bits per heavy atom. The van der Waals surface area contributed by atoms with Crippen molar-refractivity contribution in [1.82, 2.24) is 5.32 Å². The molecule has 1 unspecified atom stereocenters. The Morgan fingerprint density at radius 1 is 1.17 bits per heavy atom. The van der Waals surface area contributed by atoms with E-state index in [2.05, 4.69) is 43.4 Å². The minimum atomic E-state index is 0.568. The molecular formula is C16H25NS. The Kier molecular flexibility index (Phi) is 5.58. The van der Waals surface area contributed by atoms with Gasteiger partial charge in [-0.3, -0.25) is 0 Å². The van der Waals surface area contributed by atoms with Gasteiger partial charge in [-0.05, 0) is 48.8 Å². The molecule has 1 aromatic carbocycles. The maximum Gasteiger partial charge on any atom is 0.0348 e. The van der Waals surface area contributed by atoms with Gasteiger partial charge in [0.1, 0.15) is 0 Å². The second-order valence-corrected chi connectivity index (χ2v) is 6.42. The highest BCUT2D eigenvalue weighted by molar-refractivity contribution is 7.99. The lowest BCUT2D eigenvalue weighted by molar-refractivity contribution is 0.374. The van der Waals surface area contributed by atoms with Crippen LogP contribution >= 0.6 is 11.8 Å². The normalized spacial score (nSPS) is 18.1. The summed E-state index contributed by atoms with van der Waals surface area (Å²) in [5, 5.41) is 3.69. The van der Waals surface area contributed by atoms with E-state index in [1.54, 1.807) is 0 Å². The fraction of sp³-hybridized carbons (Fsp3) is 0.625. The number of hydrogen-bond donors (Lipinski definition) is 1. The molecule has 0 radical (unpaired) electrons. The van der Waals surface area contributed by atoms with Gasteiger partial charge in [-0.15, -0.1) is 11.8 Å². The summed E-state index contributed by atoms with van der Waals surface area (Å²) in [5.41, 5.74) is 1.48. The lowest BCUT2D eigenvalue weighted by Crippen LogP contribution is -2.26. The summed E-state index contributed by atoms with van der Waals surface area (Å²) in [6.45, 7) is 5.48. The third-order valence-corrected chi connectivity index (χ3v) is 4.74. The fourth-order valence-electron chi connectivity index (χ4n) is 3.01. The molecule has 1 aliphatic rings. The summed E-state index contributed by atoms with van der Waals surface area (Å²) in [5.74, 6) is 1.99. The number of benzene rings is 1. The molecule has 2 heteroatoms. The molecular weight excluding hydrogens is 238 g/mol. The smallest absolute Gasteiger partial charge is 0.0348 e. The molecule has 1 aromatic rings. The number of hydrogen-bond acceptors (Lipinski definition) is 2. The van der Waals surface area contributed by atoms with Crippen LogP contribution in [0.2, 0.25) is 0 Å². The number of nitrogens with one attached hydrogen (secondary N) is 1. The molecule has 1 aliphatic carbocycles. The van der Waals surface area contributed by atoms with Gasteiger partial charge in [0, 0.05) is 10.9 Å². The molecule has 0 heterocycles. The zero-order valence-corrected chi connectivity index (χ0v) is 12.4. The van der Waals surface area contributed by atoms with E-state index in [9.17, 15) is 0 Å². The first-order valence-corrected chi connectivity index (χ1v) is 8.29. The van der Waals surface area contributed by atoms with Crippen molar-refractivity contribution in [3.63, 3.8) is 0 Å². The third kappa shape index (κ3) is 3.52. The average Bonchev–Trinajstić information content (AvgIpc) is 2.91. The average molecular weight is 263 g/mol. The van der Waals surface area contributed by atoms with Crippen molar-refractivity contribution in [3.8, 4) is 0 Å². The van der Waals surface area contributed by atoms with Crippen LogP contribution in [0.4, 0.5) is 0 Å². The van der Waals surface area contributed by atoms with Gasteiger partial charge in [0.25, 0.3) is 0 Å². The van der Waals surface area contributed by atoms with Crippen LogP contribution in [0.1, 0.15) is 51.1 Å². The first-order chi connectivity index (χ1) is 8.85. The van der Waals surface area contributed by atoms with Crippen LogP contribution in [-0.2, 0) is 0 Å². The molecule has 1 saturated carbocycles. The van der Waals surface area contributed by atoms with E-state index in [4.69, 9.17) is 0 Å².